The normalized spacial score (nSPS) is 12.1. The molecule has 1 aromatic carbocycles. The predicted molar refractivity (Wildman–Crippen MR) is 87.6 cm³/mol. The number of hydrogen-bond donors (Lipinski definition) is 2. The predicted octanol–water partition coefficient (Wildman–Crippen LogP) is 3.01. The Morgan fingerprint density at radius 2 is 1.83 bits per heavy atom. The lowest BCUT2D eigenvalue weighted by Gasteiger charge is -2.12. The molecule has 24 heavy (non-hydrogen) atoms. The van der Waals surface area contributed by atoms with Crippen LogP contribution in [0.4, 0.5) is 13.2 Å². The first-order valence-electron chi connectivity index (χ1n) is 7.49. The fourth-order valence-electron chi connectivity index (χ4n) is 2.08. The molecule has 0 fully saturated rings. The summed E-state index contributed by atoms with van der Waals surface area (Å²) < 4.78 is 37.5. The fraction of sp³-hybridized carbons (Fsp3) is 0.294. The van der Waals surface area contributed by atoms with E-state index < -0.39 is 11.7 Å². The van der Waals surface area contributed by atoms with Crippen LogP contribution in [0, 0.1) is 0 Å². The van der Waals surface area contributed by atoms with Crippen LogP contribution in [-0.4, -0.2) is 24.5 Å². The zero-order valence-corrected chi connectivity index (χ0v) is 13.3. The third-order valence-corrected chi connectivity index (χ3v) is 3.37. The van der Waals surface area contributed by atoms with Crippen molar-refractivity contribution in [3.8, 4) is 0 Å². The largest absolute Gasteiger partial charge is 0.416 e. The summed E-state index contributed by atoms with van der Waals surface area (Å²) in [6.45, 7) is 1.11. The van der Waals surface area contributed by atoms with Gasteiger partial charge in [-0.05, 0) is 36.2 Å². The Hall–Kier alpha value is -2.57. The summed E-state index contributed by atoms with van der Waals surface area (Å²) in [5, 5.41) is 6.25. The molecule has 2 N–H and O–H groups in total. The summed E-state index contributed by atoms with van der Waals surface area (Å²) in [6, 6.07) is 10.9. The number of aromatic nitrogens is 1. The van der Waals surface area contributed by atoms with E-state index in [-0.39, 0.29) is 0 Å². The van der Waals surface area contributed by atoms with Crippen LogP contribution < -0.4 is 10.6 Å². The first-order valence-corrected chi connectivity index (χ1v) is 7.49. The van der Waals surface area contributed by atoms with Crippen molar-refractivity contribution in [2.45, 2.75) is 19.1 Å². The van der Waals surface area contributed by atoms with Gasteiger partial charge in [0.2, 0.25) is 0 Å². The Bertz CT molecular complexity index is 652. The van der Waals surface area contributed by atoms with E-state index in [4.69, 9.17) is 0 Å². The van der Waals surface area contributed by atoms with Gasteiger partial charge in [0.25, 0.3) is 0 Å². The van der Waals surface area contributed by atoms with E-state index in [0.29, 0.717) is 25.5 Å². The second kappa shape index (κ2) is 8.33. The molecule has 0 saturated carbocycles. The van der Waals surface area contributed by atoms with E-state index in [1.807, 2.05) is 18.2 Å². The van der Waals surface area contributed by atoms with Crippen molar-refractivity contribution in [1.82, 2.24) is 15.6 Å². The van der Waals surface area contributed by atoms with Crippen molar-refractivity contribution < 1.29 is 13.2 Å². The SMILES string of the molecule is CN=C(NCCc1ccc(C(F)(F)F)cc1)NCc1ccccn1. The third kappa shape index (κ3) is 5.57. The molecule has 1 heterocycles. The van der Waals surface area contributed by atoms with Gasteiger partial charge in [-0.15, -0.1) is 0 Å². The van der Waals surface area contributed by atoms with Crippen LogP contribution in [0.1, 0.15) is 16.8 Å². The summed E-state index contributed by atoms with van der Waals surface area (Å²) >= 11 is 0. The Morgan fingerprint density at radius 1 is 1.08 bits per heavy atom. The molecule has 0 aliphatic heterocycles. The molecular formula is C17H19F3N4. The molecule has 0 amide bonds. The lowest BCUT2D eigenvalue weighted by molar-refractivity contribution is -0.137. The Kier molecular flexibility index (Phi) is 6.17. The Labute approximate surface area is 138 Å². The van der Waals surface area contributed by atoms with Crippen molar-refractivity contribution in [2.24, 2.45) is 4.99 Å². The van der Waals surface area contributed by atoms with Gasteiger partial charge in [0.1, 0.15) is 0 Å². The van der Waals surface area contributed by atoms with Crippen LogP contribution >= 0.6 is 0 Å². The van der Waals surface area contributed by atoms with Crippen LogP contribution in [-0.2, 0) is 19.1 Å². The van der Waals surface area contributed by atoms with Gasteiger partial charge in [-0.2, -0.15) is 13.2 Å². The molecule has 0 unspecified atom stereocenters. The van der Waals surface area contributed by atoms with Crippen LogP contribution in [0.5, 0.6) is 0 Å². The van der Waals surface area contributed by atoms with E-state index in [9.17, 15) is 13.2 Å². The van der Waals surface area contributed by atoms with E-state index in [0.717, 1.165) is 23.4 Å². The van der Waals surface area contributed by atoms with Gasteiger partial charge in [0.05, 0.1) is 17.8 Å². The van der Waals surface area contributed by atoms with E-state index in [1.54, 1.807) is 13.2 Å². The van der Waals surface area contributed by atoms with Gasteiger partial charge >= 0.3 is 6.18 Å². The summed E-state index contributed by atoms with van der Waals surface area (Å²) in [6.07, 6.45) is -1.98. The maximum absolute atomic E-state index is 12.5. The van der Waals surface area contributed by atoms with Gasteiger partial charge < -0.3 is 10.6 Å². The summed E-state index contributed by atoms with van der Waals surface area (Å²) in [7, 11) is 1.66. The van der Waals surface area contributed by atoms with Crippen LogP contribution in [0.2, 0.25) is 0 Å². The number of alkyl halides is 3. The second-order valence-corrected chi connectivity index (χ2v) is 5.12. The van der Waals surface area contributed by atoms with Gasteiger partial charge in [-0.1, -0.05) is 18.2 Å². The minimum atomic E-state index is -4.30. The smallest absolute Gasteiger partial charge is 0.356 e. The molecule has 0 bridgehead atoms. The van der Waals surface area contributed by atoms with Crippen LogP contribution in [0.3, 0.4) is 0 Å². The summed E-state index contributed by atoms with van der Waals surface area (Å²) in [5.74, 6) is 0.618. The zero-order valence-electron chi connectivity index (χ0n) is 13.3. The van der Waals surface area contributed by atoms with Crippen LogP contribution in [0.15, 0.2) is 53.7 Å². The molecule has 4 nitrogen and oxygen atoms in total. The average molecular weight is 336 g/mol. The lowest BCUT2D eigenvalue weighted by atomic mass is 10.1. The highest BCUT2D eigenvalue weighted by molar-refractivity contribution is 5.79. The third-order valence-electron chi connectivity index (χ3n) is 3.37. The molecule has 1 aromatic heterocycles. The molecule has 2 aromatic rings. The number of aliphatic imine (C=N–C) groups is 1. The van der Waals surface area contributed by atoms with E-state index in [2.05, 4.69) is 20.6 Å². The first-order chi connectivity index (χ1) is 11.5. The maximum atomic E-state index is 12.5. The van der Waals surface area contributed by atoms with Gasteiger partial charge in [0, 0.05) is 19.8 Å². The van der Waals surface area contributed by atoms with Crippen molar-refractivity contribution in [3.05, 3.63) is 65.5 Å². The molecule has 0 saturated heterocycles. The fourth-order valence-corrected chi connectivity index (χ4v) is 2.08. The molecule has 0 radical (unpaired) electrons. The molecule has 0 aliphatic rings. The number of guanidine groups is 1. The topological polar surface area (TPSA) is 49.3 Å². The highest BCUT2D eigenvalue weighted by atomic mass is 19.4. The average Bonchev–Trinajstić information content (AvgIpc) is 2.58. The molecule has 128 valence electrons. The standard InChI is InChI=1S/C17H19F3N4/c1-21-16(24-12-15-4-2-3-10-22-15)23-11-9-13-5-7-14(8-6-13)17(18,19)20/h2-8,10H,9,11-12H2,1H3,(H2,21,23,24). The molecule has 0 aliphatic carbocycles. The number of pyridine rings is 1. The molecule has 0 atom stereocenters. The maximum Gasteiger partial charge on any atom is 0.416 e. The second-order valence-electron chi connectivity index (χ2n) is 5.12. The van der Waals surface area contributed by atoms with Gasteiger partial charge in [-0.3, -0.25) is 9.98 Å². The van der Waals surface area contributed by atoms with Gasteiger partial charge in [0.15, 0.2) is 5.96 Å². The minimum absolute atomic E-state index is 0.542. The Morgan fingerprint density at radius 3 is 2.42 bits per heavy atom. The van der Waals surface area contributed by atoms with Crippen molar-refractivity contribution in [1.29, 1.82) is 0 Å². The summed E-state index contributed by atoms with van der Waals surface area (Å²) in [5.41, 5.74) is 1.09. The molecular weight excluding hydrogens is 317 g/mol. The van der Waals surface area contributed by atoms with Crippen molar-refractivity contribution >= 4 is 5.96 Å². The minimum Gasteiger partial charge on any atom is -0.356 e. The quantitative estimate of drug-likeness (QED) is 0.652. The number of hydrogen-bond acceptors (Lipinski definition) is 2. The molecule has 0 spiro atoms. The first kappa shape index (κ1) is 17.8. The Balaban J connectivity index is 1.77. The highest BCUT2D eigenvalue weighted by Crippen LogP contribution is 2.29. The molecule has 2 rings (SSSR count). The zero-order chi connectivity index (χ0) is 17.4. The number of nitrogens with one attached hydrogen (secondary N) is 2. The number of nitrogens with zero attached hydrogens (tertiary/aromatic N) is 2. The van der Waals surface area contributed by atoms with E-state index in [1.165, 1.54) is 12.1 Å². The van der Waals surface area contributed by atoms with Crippen molar-refractivity contribution in [3.63, 3.8) is 0 Å². The number of benzene rings is 1. The monoisotopic (exact) mass is 336 g/mol. The van der Waals surface area contributed by atoms with E-state index >= 15 is 0 Å². The highest BCUT2D eigenvalue weighted by Gasteiger charge is 2.29. The van der Waals surface area contributed by atoms with Crippen LogP contribution in [0.25, 0.3) is 0 Å². The van der Waals surface area contributed by atoms with Crippen molar-refractivity contribution in [2.75, 3.05) is 13.6 Å². The summed E-state index contributed by atoms with van der Waals surface area (Å²) in [4.78, 5) is 8.30. The number of halogens is 3. The van der Waals surface area contributed by atoms with Gasteiger partial charge in [-0.25, -0.2) is 0 Å². The molecule has 7 heteroatoms. The lowest BCUT2D eigenvalue weighted by Crippen LogP contribution is -2.38. The number of rotatable bonds is 5.